The van der Waals surface area contributed by atoms with Gasteiger partial charge in [0.15, 0.2) is 0 Å². The highest BCUT2D eigenvalue weighted by Gasteiger charge is 2.29. The number of hydrogen-bond donors (Lipinski definition) is 1. The number of hydrogen-bond acceptors (Lipinski definition) is 4. The summed E-state index contributed by atoms with van der Waals surface area (Å²) in [6.45, 7) is 3.82. The molecule has 2 heterocycles. The third-order valence-electron chi connectivity index (χ3n) is 4.03. The second kappa shape index (κ2) is 6.87. The molecule has 7 heteroatoms. The van der Waals surface area contributed by atoms with Gasteiger partial charge < -0.3 is 9.64 Å². The molecule has 2 aliphatic rings. The predicted octanol–water partition coefficient (Wildman–Crippen LogP) is 0.486. The van der Waals surface area contributed by atoms with E-state index in [2.05, 4.69) is 4.72 Å². The minimum Gasteiger partial charge on any atom is -0.380 e. The van der Waals surface area contributed by atoms with Gasteiger partial charge in [-0.3, -0.25) is 4.79 Å². The molecule has 0 spiro atoms. The zero-order valence-corrected chi connectivity index (χ0v) is 12.8. The minimum absolute atomic E-state index is 0.0953. The number of rotatable bonds is 5. The van der Waals surface area contributed by atoms with Crippen molar-refractivity contribution >= 4 is 15.9 Å². The summed E-state index contributed by atoms with van der Waals surface area (Å²) in [5, 5.41) is -0.458. The molecular weight excluding hydrogens is 280 g/mol. The van der Waals surface area contributed by atoms with Crippen LogP contribution in [-0.4, -0.2) is 56.8 Å². The number of ether oxygens (including phenoxy) is 1. The van der Waals surface area contributed by atoms with Gasteiger partial charge in [0.2, 0.25) is 15.9 Å². The van der Waals surface area contributed by atoms with Gasteiger partial charge in [-0.15, -0.1) is 0 Å². The summed E-state index contributed by atoms with van der Waals surface area (Å²) in [4.78, 5) is 13.6. The van der Waals surface area contributed by atoms with Crippen molar-refractivity contribution in [3.8, 4) is 0 Å². The van der Waals surface area contributed by atoms with Gasteiger partial charge in [-0.05, 0) is 32.6 Å². The Kier molecular flexibility index (Phi) is 5.40. The highest BCUT2D eigenvalue weighted by atomic mass is 32.2. The second-order valence-corrected chi connectivity index (χ2v) is 7.67. The maximum atomic E-state index is 12.2. The topological polar surface area (TPSA) is 75.7 Å². The molecule has 0 unspecified atom stereocenters. The summed E-state index contributed by atoms with van der Waals surface area (Å²) in [7, 11) is -3.35. The molecule has 2 atom stereocenters. The molecule has 2 saturated heterocycles. The summed E-state index contributed by atoms with van der Waals surface area (Å²) in [6, 6.07) is -0.0953. The van der Waals surface area contributed by atoms with E-state index in [1.54, 1.807) is 4.90 Å². The van der Waals surface area contributed by atoms with Crippen LogP contribution in [0.25, 0.3) is 0 Å². The molecule has 2 fully saturated rings. The molecule has 1 amide bonds. The van der Waals surface area contributed by atoms with Crippen LogP contribution in [0, 0.1) is 0 Å². The first-order chi connectivity index (χ1) is 9.50. The number of carbonyl (C=O) groups excluding carboxylic acids is 1. The van der Waals surface area contributed by atoms with Gasteiger partial charge >= 0.3 is 0 Å². The van der Waals surface area contributed by atoms with E-state index >= 15 is 0 Å². The average Bonchev–Trinajstić information content (AvgIpc) is 2.46. The van der Waals surface area contributed by atoms with Gasteiger partial charge in [-0.25, -0.2) is 13.1 Å². The van der Waals surface area contributed by atoms with Crippen LogP contribution in [0.5, 0.6) is 0 Å². The molecule has 0 saturated carbocycles. The van der Waals surface area contributed by atoms with Gasteiger partial charge in [0.1, 0.15) is 0 Å². The molecule has 1 N–H and O–H groups in total. The lowest BCUT2D eigenvalue weighted by molar-refractivity contribution is -0.135. The normalized spacial score (nSPS) is 26.6. The first kappa shape index (κ1) is 15.7. The second-order valence-electron chi connectivity index (χ2n) is 5.63. The number of carbonyl (C=O) groups is 1. The Labute approximate surface area is 120 Å². The Morgan fingerprint density at radius 2 is 2.20 bits per heavy atom. The van der Waals surface area contributed by atoms with Crippen LogP contribution in [0.2, 0.25) is 0 Å². The van der Waals surface area contributed by atoms with Crippen molar-refractivity contribution in [2.24, 2.45) is 0 Å². The van der Waals surface area contributed by atoms with Crippen LogP contribution in [0.15, 0.2) is 0 Å². The third kappa shape index (κ3) is 3.93. The molecule has 0 bridgehead atoms. The largest absolute Gasteiger partial charge is 0.380 e. The number of nitrogens with one attached hydrogen (secondary N) is 1. The Morgan fingerprint density at radius 1 is 1.40 bits per heavy atom. The van der Waals surface area contributed by atoms with Crippen molar-refractivity contribution in [1.29, 1.82) is 0 Å². The van der Waals surface area contributed by atoms with E-state index in [-0.39, 0.29) is 25.1 Å². The Bertz CT molecular complexity index is 432. The van der Waals surface area contributed by atoms with Crippen molar-refractivity contribution in [2.45, 2.75) is 50.3 Å². The first-order valence-electron chi connectivity index (χ1n) is 7.36. The number of piperidine rings is 1. The molecule has 0 radical (unpaired) electrons. The fourth-order valence-corrected chi connectivity index (χ4v) is 4.18. The van der Waals surface area contributed by atoms with E-state index in [0.717, 1.165) is 25.8 Å². The molecular formula is C13H24N2O4S. The number of nitrogens with zero attached hydrogens (tertiary/aromatic N) is 1. The average molecular weight is 304 g/mol. The lowest BCUT2D eigenvalue weighted by atomic mass is 10.1. The molecule has 2 aliphatic heterocycles. The van der Waals surface area contributed by atoms with E-state index in [1.807, 2.05) is 6.92 Å². The molecule has 2 rings (SSSR count). The maximum absolute atomic E-state index is 12.2. The summed E-state index contributed by atoms with van der Waals surface area (Å²) in [5.74, 6) is 0.129. The summed E-state index contributed by atoms with van der Waals surface area (Å²) < 4.78 is 32.2. The van der Waals surface area contributed by atoms with E-state index in [1.165, 1.54) is 0 Å². The Balaban J connectivity index is 1.85. The Hall–Kier alpha value is -0.660. The van der Waals surface area contributed by atoms with Gasteiger partial charge in [-0.2, -0.15) is 0 Å². The zero-order chi connectivity index (χ0) is 14.6. The number of sulfonamides is 1. The fourth-order valence-electron chi connectivity index (χ4n) is 2.71. The predicted molar refractivity (Wildman–Crippen MR) is 75.8 cm³/mol. The molecule has 0 aromatic rings. The van der Waals surface area contributed by atoms with Gasteiger partial charge in [0.05, 0.1) is 11.9 Å². The zero-order valence-electron chi connectivity index (χ0n) is 12.0. The lowest BCUT2D eigenvalue weighted by Gasteiger charge is -2.33. The van der Waals surface area contributed by atoms with Gasteiger partial charge in [0, 0.05) is 32.2 Å². The van der Waals surface area contributed by atoms with E-state index in [0.29, 0.717) is 19.4 Å². The van der Waals surface area contributed by atoms with Crippen molar-refractivity contribution in [2.75, 3.05) is 26.3 Å². The van der Waals surface area contributed by atoms with Crippen molar-refractivity contribution in [1.82, 2.24) is 9.62 Å². The fraction of sp³-hybridized carbons (Fsp3) is 0.923. The summed E-state index contributed by atoms with van der Waals surface area (Å²) in [5.41, 5.74) is 0. The number of likely N-dealkylation sites (tertiary alicyclic amines) is 1. The first-order valence-corrected chi connectivity index (χ1v) is 8.91. The third-order valence-corrected chi connectivity index (χ3v) is 5.85. The van der Waals surface area contributed by atoms with E-state index in [4.69, 9.17) is 4.74 Å². The van der Waals surface area contributed by atoms with Gasteiger partial charge in [-0.1, -0.05) is 0 Å². The molecule has 0 aromatic heterocycles. The molecule has 6 nitrogen and oxygen atoms in total. The van der Waals surface area contributed by atoms with Crippen molar-refractivity contribution in [3.63, 3.8) is 0 Å². The maximum Gasteiger partial charge on any atom is 0.222 e. The highest BCUT2D eigenvalue weighted by molar-refractivity contribution is 7.90. The van der Waals surface area contributed by atoms with E-state index in [9.17, 15) is 13.2 Å². The molecule has 0 aromatic carbocycles. The van der Waals surface area contributed by atoms with Crippen molar-refractivity contribution in [3.05, 3.63) is 0 Å². The lowest BCUT2D eigenvalue weighted by Crippen LogP contribution is -2.49. The van der Waals surface area contributed by atoms with Crippen LogP contribution in [0.4, 0.5) is 0 Å². The van der Waals surface area contributed by atoms with Crippen LogP contribution < -0.4 is 4.72 Å². The monoisotopic (exact) mass is 304 g/mol. The minimum atomic E-state index is -3.35. The van der Waals surface area contributed by atoms with Crippen molar-refractivity contribution < 1.29 is 17.9 Å². The number of amides is 1. The Morgan fingerprint density at radius 3 is 2.85 bits per heavy atom. The van der Waals surface area contributed by atoms with Crippen LogP contribution in [0.3, 0.4) is 0 Å². The van der Waals surface area contributed by atoms with Crippen LogP contribution >= 0.6 is 0 Å². The van der Waals surface area contributed by atoms with E-state index < -0.39 is 15.3 Å². The highest BCUT2D eigenvalue weighted by Crippen LogP contribution is 2.16. The smallest absolute Gasteiger partial charge is 0.222 e. The molecule has 116 valence electrons. The SMILES string of the molecule is C[C@H](CNS(=O)(=O)[C@@H]1CCCOC1)N1CCCCC1=O. The van der Waals surface area contributed by atoms with Crippen LogP contribution in [-0.2, 0) is 19.6 Å². The summed E-state index contributed by atoms with van der Waals surface area (Å²) >= 11 is 0. The summed E-state index contributed by atoms with van der Waals surface area (Å²) in [6.07, 6.45) is 3.94. The molecule has 20 heavy (non-hydrogen) atoms. The molecule has 0 aliphatic carbocycles. The van der Waals surface area contributed by atoms with Gasteiger partial charge in [0.25, 0.3) is 0 Å². The standard InChI is InChI=1S/C13H24N2O4S/c1-11(15-7-3-2-6-13(15)16)9-14-20(17,18)12-5-4-8-19-10-12/h11-12,14H,2-10H2,1H3/t11-,12-/m1/s1. The quantitative estimate of drug-likeness (QED) is 0.802. The van der Waals surface area contributed by atoms with Crippen LogP contribution in [0.1, 0.15) is 39.0 Å².